The molecule has 0 saturated heterocycles. The molecule has 0 bridgehead atoms. The van der Waals surface area contributed by atoms with Crippen LogP contribution in [0.25, 0.3) is 0 Å². The molecular formula is C33H45ClN2O4. The van der Waals surface area contributed by atoms with Gasteiger partial charge in [-0.2, -0.15) is 0 Å². The van der Waals surface area contributed by atoms with Crippen molar-refractivity contribution in [3.63, 3.8) is 0 Å². The number of nitro benzene ring substituents is 2. The quantitative estimate of drug-likeness (QED) is 0.226. The van der Waals surface area contributed by atoms with E-state index in [1.807, 2.05) is 30.3 Å². The summed E-state index contributed by atoms with van der Waals surface area (Å²) in [5.74, 6) is 0. The third-order valence-electron chi connectivity index (χ3n) is 5.39. The zero-order chi connectivity index (χ0) is 30.7. The summed E-state index contributed by atoms with van der Waals surface area (Å²) in [7, 11) is 0. The lowest BCUT2D eigenvalue weighted by Crippen LogP contribution is -2.09. The molecule has 40 heavy (non-hydrogen) atoms. The van der Waals surface area contributed by atoms with Gasteiger partial charge in [-0.25, -0.2) is 0 Å². The molecule has 0 aromatic heterocycles. The predicted octanol–water partition coefficient (Wildman–Crippen LogP) is 10.3. The van der Waals surface area contributed by atoms with Crippen LogP contribution >= 0.6 is 11.6 Å². The van der Waals surface area contributed by atoms with Crippen molar-refractivity contribution < 1.29 is 9.85 Å². The van der Waals surface area contributed by atoms with Crippen molar-refractivity contribution in [1.29, 1.82) is 0 Å². The maximum absolute atomic E-state index is 10.5. The van der Waals surface area contributed by atoms with Gasteiger partial charge in [-0.3, -0.25) is 20.2 Å². The Balaban J connectivity index is 0.000000301. The van der Waals surface area contributed by atoms with Crippen LogP contribution in [0.1, 0.15) is 79.0 Å². The van der Waals surface area contributed by atoms with E-state index < -0.39 is 0 Å². The SMILES string of the molecule is CC(C)(C)Cc1ccc(Cl)cc1.CC(C)(C)Cc1ccc([N+](=O)[O-])cc1.CC(C)(C)Cc1cccc([N+](=O)[O-])c1. The van der Waals surface area contributed by atoms with Crippen molar-refractivity contribution >= 4 is 23.0 Å². The lowest BCUT2D eigenvalue weighted by Gasteiger charge is -2.17. The molecular weight excluding hydrogens is 524 g/mol. The van der Waals surface area contributed by atoms with Crippen molar-refractivity contribution in [3.05, 3.63) is 115 Å². The van der Waals surface area contributed by atoms with E-state index in [4.69, 9.17) is 11.6 Å². The van der Waals surface area contributed by atoms with Gasteiger partial charge in [0.15, 0.2) is 0 Å². The smallest absolute Gasteiger partial charge is 0.258 e. The molecule has 0 fully saturated rings. The third kappa shape index (κ3) is 16.0. The second-order valence-electron chi connectivity index (χ2n) is 13.7. The van der Waals surface area contributed by atoms with Gasteiger partial charge in [0.25, 0.3) is 11.4 Å². The maximum Gasteiger partial charge on any atom is 0.269 e. The number of non-ortho nitro benzene ring substituents is 2. The molecule has 3 aromatic carbocycles. The Hall–Kier alpha value is -3.25. The van der Waals surface area contributed by atoms with Crippen molar-refractivity contribution in [3.8, 4) is 0 Å². The fourth-order valence-electron chi connectivity index (χ4n) is 3.95. The molecule has 0 atom stereocenters. The van der Waals surface area contributed by atoms with E-state index in [1.54, 1.807) is 24.3 Å². The molecule has 0 saturated carbocycles. The number of nitrogens with zero attached hydrogens (tertiary/aromatic N) is 2. The number of halogens is 1. The molecule has 0 aliphatic heterocycles. The molecule has 3 rings (SSSR count). The second kappa shape index (κ2) is 14.9. The van der Waals surface area contributed by atoms with Gasteiger partial charge >= 0.3 is 0 Å². The van der Waals surface area contributed by atoms with Gasteiger partial charge in [-0.15, -0.1) is 0 Å². The van der Waals surface area contributed by atoms with E-state index in [2.05, 4.69) is 74.4 Å². The minimum absolute atomic E-state index is 0.155. The highest BCUT2D eigenvalue weighted by Gasteiger charge is 2.14. The summed E-state index contributed by atoms with van der Waals surface area (Å²) >= 11 is 5.78. The standard InChI is InChI=1S/C11H15Cl.2C11H15NO2/c1-11(2,3)8-9-4-6-10(12)7-5-9;1-11(2,3)8-9-4-6-10(7-5-9)12(13)14;1-11(2,3)8-9-5-4-6-10(7-9)12(13)14/h4-7H,8H2,1-3H3;2*4-7H,8H2,1-3H3. The normalized spacial score (nSPS) is 11.4. The molecule has 0 heterocycles. The first kappa shape index (κ1) is 34.8. The van der Waals surface area contributed by atoms with Crippen molar-refractivity contribution in [2.24, 2.45) is 16.2 Å². The van der Waals surface area contributed by atoms with Crippen LogP contribution in [-0.2, 0) is 19.3 Å². The highest BCUT2D eigenvalue weighted by atomic mass is 35.5. The third-order valence-corrected chi connectivity index (χ3v) is 5.64. The van der Waals surface area contributed by atoms with Crippen LogP contribution in [0.5, 0.6) is 0 Å². The van der Waals surface area contributed by atoms with Crippen LogP contribution in [-0.4, -0.2) is 9.85 Å². The lowest BCUT2D eigenvalue weighted by molar-refractivity contribution is -0.385. The summed E-state index contributed by atoms with van der Waals surface area (Å²) in [5.41, 5.74) is 4.58. The number of nitro groups is 2. The molecule has 218 valence electrons. The van der Waals surface area contributed by atoms with Crippen LogP contribution in [0.2, 0.25) is 5.02 Å². The Morgan fingerprint density at radius 2 is 0.925 bits per heavy atom. The topological polar surface area (TPSA) is 86.3 Å². The summed E-state index contributed by atoms with van der Waals surface area (Å²) in [6.45, 7) is 19.5. The van der Waals surface area contributed by atoms with Crippen LogP contribution in [0.4, 0.5) is 11.4 Å². The number of hydrogen-bond acceptors (Lipinski definition) is 4. The molecule has 7 heteroatoms. The Bertz CT molecular complexity index is 1220. The molecule has 6 nitrogen and oxygen atoms in total. The van der Waals surface area contributed by atoms with Crippen LogP contribution < -0.4 is 0 Å². The molecule has 0 spiro atoms. The summed E-state index contributed by atoms with van der Waals surface area (Å²) in [5, 5.41) is 21.7. The van der Waals surface area contributed by atoms with Gasteiger partial charge in [0.05, 0.1) is 9.85 Å². The first-order chi connectivity index (χ1) is 18.2. The first-order valence-electron chi connectivity index (χ1n) is 13.5. The lowest BCUT2D eigenvalue weighted by atomic mass is 9.88. The fourth-order valence-corrected chi connectivity index (χ4v) is 4.08. The van der Waals surface area contributed by atoms with E-state index in [1.165, 1.54) is 11.6 Å². The Morgan fingerprint density at radius 1 is 0.550 bits per heavy atom. The first-order valence-corrected chi connectivity index (χ1v) is 13.8. The van der Waals surface area contributed by atoms with E-state index in [9.17, 15) is 20.2 Å². The van der Waals surface area contributed by atoms with E-state index in [0.717, 1.165) is 35.4 Å². The fraction of sp³-hybridized carbons (Fsp3) is 0.455. The summed E-state index contributed by atoms with van der Waals surface area (Å²) in [4.78, 5) is 20.2. The molecule has 0 aliphatic carbocycles. The Labute approximate surface area is 245 Å². The zero-order valence-electron chi connectivity index (χ0n) is 25.5. The number of benzene rings is 3. The molecule has 3 aromatic rings. The van der Waals surface area contributed by atoms with E-state index in [0.29, 0.717) is 5.41 Å². The molecule has 0 aliphatic rings. The maximum atomic E-state index is 10.5. The predicted molar refractivity (Wildman–Crippen MR) is 167 cm³/mol. The monoisotopic (exact) mass is 568 g/mol. The van der Waals surface area contributed by atoms with Crippen LogP contribution in [0.15, 0.2) is 72.8 Å². The molecule has 0 amide bonds. The van der Waals surface area contributed by atoms with E-state index in [-0.39, 0.29) is 32.1 Å². The van der Waals surface area contributed by atoms with Gasteiger partial charge in [-0.05, 0) is 64.3 Å². The minimum atomic E-state index is -0.374. The number of hydrogen-bond donors (Lipinski definition) is 0. The molecule has 0 radical (unpaired) electrons. The minimum Gasteiger partial charge on any atom is -0.258 e. The summed E-state index contributed by atoms with van der Waals surface area (Å²) in [6.07, 6.45) is 2.89. The van der Waals surface area contributed by atoms with Gasteiger partial charge in [0, 0.05) is 29.3 Å². The average molecular weight is 569 g/mol. The summed E-state index contributed by atoms with van der Waals surface area (Å²) < 4.78 is 0. The average Bonchev–Trinajstić information content (AvgIpc) is 2.79. The number of rotatable bonds is 5. The summed E-state index contributed by atoms with van der Waals surface area (Å²) in [6, 6.07) is 21.7. The molecule has 0 N–H and O–H groups in total. The van der Waals surface area contributed by atoms with Gasteiger partial charge in [0.2, 0.25) is 0 Å². The van der Waals surface area contributed by atoms with Crippen LogP contribution in [0.3, 0.4) is 0 Å². The molecule has 0 unspecified atom stereocenters. The Morgan fingerprint density at radius 3 is 1.30 bits per heavy atom. The van der Waals surface area contributed by atoms with Crippen LogP contribution in [0, 0.1) is 36.5 Å². The largest absolute Gasteiger partial charge is 0.269 e. The highest BCUT2D eigenvalue weighted by molar-refractivity contribution is 6.30. The van der Waals surface area contributed by atoms with Gasteiger partial charge < -0.3 is 0 Å². The van der Waals surface area contributed by atoms with Crippen molar-refractivity contribution in [1.82, 2.24) is 0 Å². The Kier molecular flexibility index (Phi) is 13.0. The van der Waals surface area contributed by atoms with Crippen molar-refractivity contribution in [2.75, 3.05) is 0 Å². The van der Waals surface area contributed by atoms with E-state index >= 15 is 0 Å². The zero-order valence-corrected chi connectivity index (χ0v) is 26.2. The highest BCUT2D eigenvalue weighted by Crippen LogP contribution is 2.24. The van der Waals surface area contributed by atoms with Gasteiger partial charge in [0.1, 0.15) is 0 Å². The second-order valence-corrected chi connectivity index (χ2v) is 14.1. The van der Waals surface area contributed by atoms with Crippen molar-refractivity contribution in [2.45, 2.75) is 81.6 Å². The van der Waals surface area contributed by atoms with Gasteiger partial charge in [-0.1, -0.05) is 110 Å².